The van der Waals surface area contributed by atoms with Crippen LogP contribution in [0.4, 0.5) is 0 Å². The van der Waals surface area contributed by atoms with E-state index in [1.807, 2.05) is 45.0 Å². The number of hydrogen-bond donors (Lipinski definition) is 0. The Labute approximate surface area is 123 Å². The topological polar surface area (TPSA) is 36.9 Å². The minimum Gasteiger partial charge on any atom is -0.368 e. The van der Waals surface area contributed by atoms with Gasteiger partial charge in [-0.25, -0.2) is 0 Å². The van der Waals surface area contributed by atoms with Gasteiger partial charge in [-0.2, -0.15) is 0 Å². The Morgan fingerprint density at radius 3 is 2.75 bits per heavy atom. The molecule has 0 unspecified atom stereocenters. The lowest BCUT2D eigenvalue weighted by Crippen LogP contribution is -2.35. The van der Waals surface area contributed by atoms with Gasteiger partial charge in [-0.3, -0.25) is 0 Å². The molecule has 0 radical (unpaired) electrons. The number of rotatable bonds is 3. The molecule has 5 heteroatoms. The first-order valence-electron chi connectivity index (χ1n) is 6.82. The van der Waals surface area contributed by atoms with Crippen molar-refractivity contribution in [2.45, 2.75) is 57.8 Å². The lowest BCUT2D eigenvalue weighted by molar-refractivity contribution is -0.216. The van der Waals surface area contributed by atoms with Crippen LogP contribution >= 0.6 is 11.6 Å². The van der Waals surface area contributed by atoms with Crippen LogP contribution in [0.25, 0.3) is 0 Å². The molecule has 0 bridgehead atoms. The quantitative estimate of drug-likeness (QED) is 0.859. The summed E-state index contributed by atoms with van der Waals surface area (Å²) in [5.74, 6) is -0.624. The van der Waals surface area contributed by atoms with Crippen LogP contribution in [0.5, 0.6) is 0 Å². The predicted molar refractivity (Wildman–Crippen MR) is 74.4 cm³/mol. The Morgan fingerprint density at radius 1 is 1.25 bits per heavy atom. The van der Waals surface area contributed by atoms with Crippen LogP contribution in [-0.2, 0) is 25.6 Å². The molecule has 20 heavy (non-hydrogen) atoms. The van der Waals surface area contributed by atoms with Gasteiger partial charge >= 0.3 is 0 Å². The molecule has 0 aromatic heterocycles. The van der Waals surface area contributed by atoms with E-state index in [2.05, 4.69) is 0 Å². The molecule has 0 amide bonds. The fourth-order valence-corrected chi connectivity index (χ4v) is 2.86. The molecule has 0 aliphatic carbocycles. The molecule has 110 valence electrons. The SMILES string of the molecule is C[C@H]1O[C@@H]2OC(C)(C)O[C@@H]2[C@H]1OCc1ccccc1Cl. The Balaban J connectivity index is 1.67. The molecule has 1 aromatic carbocycles. The highest BCUT2D eigenvalue weighted by atomic mass is 35.5. The van der Waals surface area contributed by atoms with E-state index in [1.54, 1.807) is 0 Å². The second kappa shape index (κ2) is 5.28. The van der Waals surface area contributed by atoms with Crippen molar-refractivity contribution >= 4 is 11.6 Å². The summed E-state index contributed by atoms with van der Waals surface area (Å²) in [5.41, 5.74) is 0.961. The van der Waals surface area contributed by atoms with Crippen LogP contribution in [0, 0.1) is 0 Å². The van der Waals surface area contributed by atoms with Crippen LogP contribution < -0.4 is 0 Å². The van der Waals surface area contributed by atoms with Crippen molar-refractivity contribution in [3.63, 3.8) is 0 Å². The highest BCUT2D eigenvalue weighted by molar-refractivity contribution is 6.31. The van der Waals surface area contributed by atoms with Crippen molar-refractivity contribution in [2.75, 3.05) is 0 Å². The van der Waals surface area contributed by atoms with E-state index in [-0.39, 0.29) is 24.6 Å². The fraction of sp³-hybridized carbons (Fsp3) is 0.600. The van der Waals surface area contributed by atoms with Gasteiger partial charge in [0.1, 0.15) is 12.2 Å². The van der Waals surface area contributed by atoms with Crippen molar-refractivity contribution in [3.8, 4) is 0 Å². The van der Waals surface area contributed by atoms with Gasteiger partial charge in [-0.15, -0.1) is 0 Å². The summed E-state index contributed by atoms with van der Waals surface area (Å²) in [6, 6.07) is 7.66. The van der Waals surface area contributed by atoms with E-state index in [4.69, 9.17) is 30.5 Å². The average molecular weight is 299 g/mol. The van der Waals surface area contributed by atoms with E-state index in [1.165, 1.54) is 0 Å². The van der Waals surface area contributed by atoms with Gasteiger partial charge in [-0.1, -0.05) is 29.8 Å². The minimum absolute atomic E-state index is 0.0661. The molecular weight excluding hydrogens is 280 g/mol. The lowest BCUT2D eigenvalue weighted by Gasteiger charge is -2.24. The summed E-state index contributed by atoms with van der Waals surface area (Å²) >= 11 is 6.14. The number of ether oxygens (including phenoxy) is 4. The van der Waals surface area contributed by atoms with Crippen LogP contribution in [-0.4, -0.2) is 30.4 Å². The molecule has 3 rings (SSSR count). The van der Waals surface area contributed by atoms with Gasteiger partial charge in [0.05, 0.1) is 12.7 Å². The largest absolute Gasteiger partial charge is 0.368 e. The van der Waals surface area contributed by atoms with Crippen molar-refractivity contribution < 1.29 is 18.9 Å². The first kappa shape index (κ1) is 14.3. The second-order valence-electron chi connectivity index (χ2n) is 5.68. The normalized spacial score (nSPS) is 35.2. The van der Waals surface area contributed by atoms with Gasteiger partial charge in [0, 0.05) is 5.02 Å². The maximum absolute atomic E-state index is 6.14. The smallest absolute Gasteiger partial charge is 0.190 e. The first-order chi connectivity index (χ1) is 9.46. The van der Waals surface area contributed by atoms with E-state index >= 15 is 0 Å². The maximum Gasteiger partial charge on any atom is 0.190 e. The number of fused-ring (bicyclic) bond motifs is 1. The third-order valence-corrected chi connectivity index (χ3v) is 3.98. The molecule has 4 nitrogen and oxygen atoms in total. The third kappa shape index (κ3) is 2.71. The maximum atomic E-state index is 6.14. The number of halogens is 1. The highest BCUT2D eigenvalue weighted by Crippen LogP contribution is 2.38. The number of hydrogen-bond acceptors (Lipinski definition) is 4. The highest BCUT2D eigenvalue weighted by Gasteiger charge is 2.54. The van der Waals surface area contributed by atoms with Gasteiger partial charge < -0.3 is 18.9 Å². The lowest BCUT2D eigenvalue weighted by atomic mass is 10.1. The molecule has 0 N–H and O–H groups in total. The third-order valence-electron chi connectivity index (χ3n) is 3.61. The van der Waals surface area contributed by atoms with Gasteiger partial charge in [0.15, 0.2) is 12.1 Å². The molecule has 1 aromatic rings. The number of benzene rings is 1. The Bertz CT molecular complexity index is 491. The Hall–Kier alpha value is -0.650. The summed E-state index contributed by atoms with van der Waals surface area (Å²) in [6.07, 6.45) is -0.764. The molecule has 4 atom stereocenters. The monoisotopic (exact) mass is 298 g/mol. The zero-order valence-corrected chi connectivity index (χ0v) is 12.6. The van der Waals surface area contributed by atoms with E-state index < -0.39 is 5.79 Å². The van der Waals surface area contributed by atoms with Crippen LogP contribution in [0.3, 0.4) is 0 Å². The molecule has 2 aliphatic rings. The van der Waals surface area contributed by atoms with E-state index in [9.17, 15) is 0 Å². The molecule has 2 fully saturated rings. The van der Waals surface area contributed by atoms with Crippen LogP contribution in [0.15, 0.2) is 24.3 Å². The minimum atomic E-state index is -0.624. The van der Waals surface area contributed by atoms with E-state index in [0.29, 0.717) is 11.6 Å². The summed E-state index contributed by atoms with van der Waals surface area (Å²) in [6.45, 7) is 6.16. The van der Waals surface area contributed by atoms with Crippen LogP contribution in [0.1, 0.15) is 26.3 Å². The van der Waals surface area contributed by atoms with Crippen molar-refractivity contribution in [3.05, 3.63) is 34.9 Å². The van der Waals surface area contributed by atoms with Crippen LogP contribution in [0.2, 0.25) is 5.02 Å². The average Bonchev–Trinajstić information content (AvgIpc) is 2.80. The zero-order valence-electron chi connectivity index (χ0n) is 11.8. The Morgan fingerprint density at radius 2 is 2.00 bits per heavy atom. The zero-order chi connectivity index (χ0) is 14.3. The van der Waals surface area contributed by atoms with Crippen molar-refractivity contribution in [1.29, 1.82) is 0 Å². The van der Waals surface area contributed by atoms with Crippen molar-refractivity contribution in [1.82, 2.24) is 0 Å². The van der Waals surface area contributed by atoms with Gasteiger partial charge in [0.2, 0.25) is 0 Å². The molecule has 2 heterocycles. The summed E-state index contributed by atoms with van der Waals surface area (Å²) in [7, 11) is 0. The van der Waals surface area contributed by atoms with Crippen molar-refractivity contribution in [2.24, 2.45) is 0 Å². The standard InChI is InChI=1S/C15H19ClO4/c1-9-12(13-14(18-9)20-15(2,3)19-13)17-8-10-6-4-5-7-11(10)16/h4-7,9,12-14H,8H2,1-3H3/t9-,12+,13-,14-/m1/s1. The molecular formula is C15H19ClO4. The van der Waals surface area contributed by atoms with Gasteiger partial charge in [0.25, 0.3) is 0 Å². The Kier molecular flexibility index (Phi) is 3.77. The second-order valence-corrected chi connectivity index (χ2v) is 6.08. The van der Waals surface area contributed by atoms with Gasteiger partial charge in [-0.05, 0) is 32.4 Å². The summed E-state index contributed by atoms with van der Waals surface area (Å²) < 4.78 is 23.3. The van der Waals surface area contributed by atoms with E-state index in [0.717, 1.165) is 5.56 Å². The molecule has 0 spiro atoms. The molecule has 2 saturated heterocycles. The molecule has 0 saturated carbocycles. The predicted octanol–water partition coefficient (Wildman–Crippen LogP) is 3.12. The first-order valence-corrected chi connectivity index (χ1v) is 7.20. The summed E-state index contributed by atoms with van der Waals surface area (Å²) in [5, 5.41) is 0.708. The fourth-order valence-electron chi connectivity index (χ4n) is 2.67. The summed E-state index contributed by atoms with van der Waals surface area (Å²) in [4.78, 5) is 0. The molecule has 2 aliphatic heterocycles.